The van der Waals surface area contributed by atoms with Crippen LogP contribution in [0.3, 0.4) is 0 Å². The summed E-state index contributed by atoms with van der Waals surface area (Å²) in [6.07, 6.45) is -1.21. The van der Waals surface area contributed by atoms with Crippen LogP contribution in [0.1, 0.15) is 25.7 Å². The van der Waals surface area contributed by atoms with E-state index in [2.05, 4.69) is 20.0 Å². The Hall–Kier alpha value is -1.95. The number of carboxylic acid groups (broad SMARTS) is 1. The molecule has 28 heavy (non-hydrogen) atoms. The zero-order valence-corrected chi connectivity index (χ0v) is 15.8. The van der Waals surface area contributed by atoms with Gasteiger partial charge in [-0.15, -0.1) is 10.2 Å². The van der Waals surface area contributed by atoms with Crippen molar-refractivity contribution in [1.82, 2.24) is 15.1 Å². The van der Waals surface area contributed by atoms with Crippen LogP contribution in [0.4, 0.5) is 18.3 Å². The summed E-state index contributed by atoms with van der Waals surface area (Å²) in [5, 5.41) is 16.3. The van der Waals surface area contributed by atoms with E-state index in [1.807, 2.05) is 0 Å². The maximum atomic E-state index is 12.8. The fraction of sp³-hybridized carbons (Fsp3) is 0.750. The lowest BCUT2D eigenvalue weighted by atomic mass is 9.98. The highest BCUT2D eigenvalue weighted by molar-refractivity contribution is 7.13. The van der Waals surface area contributed by atoms with E-state index in [9.17, 15) is 18.0 Å². The molecule has 12 heteroatoms. The van der Waals surface area contributed by atoms with Gasteiger partial charge in [0.15, 0.2) is 0 Å². The third-order valence-corrected chi connectivity index (χ3v) is 5.99. The van der Waals surface area contributed by atoms with Crippen molar-refractivity contribution in [2.75, 3.05) is 31.2 Å². The number of likely N-dealkylation sites (tertiary alicyclic amines) is 1. The topological polar surface area (TPSA) is 95.9 Å². The normalized spacial score (nSPS) is 25.2. The highest BCUT2D eigenvalue weighted by Gasteiger charge is 2.46. The number of halogens is 3. The standard InChI is InChI=1S/C14H20N4O2S.C2HF3O2/c19-13(10-3-7-20-8-4-10)17-5-1-12-11(17)2-6-18(12)14-16-15-9-21-14;3-2(4,5)1(6)7/h9-12H,1-8H2;(H,6,7)/t11-,12+;/m1./s1. The van der Waals surface area contributed by atoms with Crippen molar-refractivity contribution in [1.29, 1.82) is 0 Å². The number of anilines is 1. The molecule has 0 aliphatic carbocycles. The molecule has 4 heterocycles. The number of carbonyl (C=O) groups excluding carboxylic acids is 1. The number of alkyl halides is 3. The average Bonchev–Trinajstić information content (AvgIpc) is 3.39. The summed E-state index contributed by atoms with van der Waals surface area (Å²) in [7, 11) is 0. The van der Waals surface area contributed by atoms with Gasteiger partial charge in [-0.3, -0.25) is 4.79 Å². The zero-order valence-electron chi connectivity index (χ0n) is 15.0. The maximum Gasteiger partial charge on any atom is 0.490 e. The van der Waals surface area contributed by atoms with Gasteiger partial charge in [0.25, 0.3) is 0 Å². The molecule has 1 aromatic heterocycles. The fourth-order valence-corrected chi connectivity index (χ4v) is 4.61. The van der Waals surface area contributed by atoms with Crippen molar-refractivity contribution >= 4 is 28.3 Å². The van der Waals surface area contributed by atoms with E-state index < -0.39 is 12.1 Å². The SMILES string of the molecule is O=C(C1CCOCC1)N1CC[C@H]2[C@H]1CCN2c1nncs1.O=C(O)C(F)(F)F. The van der Waals surface area contributed by atoms with Crippen LogP contribution in [0.25, 0.3) is 0 Å². The molecule has 4 rings (SSSR count). The van der Waals surface area contributed by atoms with Gasteiger partial charge in [-0.05, 0) is 25.7 Å². The Morgan fingerprint density at radius 1 is 1.14 bits per heavy atom. The first-order valence-electron chi connectivity index (χ1n) is 9.00. The van der Waals surface area contributed by atoms with Gasteiger partial charge in [0.05, 0.1) is 12.1 Å². The number of ether oxygens (including phenoxy) is 1. The molecule has 0 unspecified atom stereocenters. The highest BCUT2D eigenvalue weighted by atomic mass is 32.1. The van der Waals surface area contributed by atoms with Crippen molar-refractivity contribution in [3.05, 3.63) is 5.51 Å². The first-order chi connectivity index (χ1) is 13.3. The summed E-state index contributed by atoms with van der Waals surface area (Å²) < 4.78 is 37.1. The lowest BCUT2D eigenvalue weighted by Crippen LogP contribution is -2.43. The molecule has 0 saturated carbocycles. The van der Waals surface area contributed by atoms with E-state index in [0.717, 1.165) is 57.1 Å². The van der Waals surface area contributed by atoms with Crippen LogP contribution in [-0.4, -0.2) is 76.6 Å². The quantitative estimate of drug-likeness (QED) is 0.776. The van der Waals surface area contributed by atoms with Gasteiger partial charge in [0.1, 0.15) is 5.51 Å². The minimum atomic E-state index is -5.08. The van der Waals surface area contributed by atoms with E-state index in [4.69, 9.17) is 14.6 Å². The third kappa shape index (κ3) is 4.54. The van der Waals surface area contributed by atoms with Crippen LogP contribution in [0.5, 0.6) is 0 Å². The largest absolute Gasteiger partial charge is 0.490 e. The molecule has 3 fully saturated rings. The van der Waals surface area contributed by atoms with Crippen molar-refractivity contribution in [2.45, 2.75) is 43.9 Å². The van der Waals surface area contributed by atoms with Gasteiger partial charge >= 0.3 is 12.1 Å². The second-order valence-corrected chi connectivity index (χ2v) is 7.66. The third-order valence-electron chi connectivity index (χ3n) is 5.27. The zero-order chi connectivity index (χ0) is 20.3. The van der Waals surface area contributed by atoms with Crippen LogP contribution in [0.15, 0.2) is 5.51 Å². The summed E-state index contributed by atoms with van der Waals surface area (Å²) in [4.78, 5) is 26.1. The minimum absolute atomic E-state index is 0.174. The van der Waals surface area contributed by atoms with Gasteiger partial charge in [0, 0.05) is 32.2 Å². The number of nitrogens with zero attached hydrogens (tertiary/aromatic N) is 4. The maximum absolute atomic E-state index is 12.8. The molecule has 0 bridgehead atoms. The number of hydrogen-bond acceptors (Lipinski definition) is 7. The summed E-state index contributed by atoms with van der Waals surface area (Å²) in [5.74, 6) is -2.23. The molecule has 3 saturated heterocycles. The Labute approximate surface area is 163 Å². The molecule has 0 radical (unpaired) electrons. The molecule has 3 aliphatic heterocycles. The van der Waals surface area contributed by atoms with Gasteiger partial charge in [-0.1, -0.05) is 11.3 Å². The molecule has 156 valence electrons. The molecule has 1 N–H and O–H groups in total. The first-order valence-corrected chi connectivity index (χ1v) is 9.88. The Balaban J connectivity index is 0.000000279. The lowest BCUT2D eigenvalue weighted by Gasteiger charge is -2.30. The molecule has 0 spiro atoms. The van der Waals surface area contributed by atoms with Crippen LogP contribution in [0, 0.1) is 5.92 Å². The minimum Gasteiger partial charge on any atom is -0.475 e. The van der Waals surface area contributed by atoms with Crippen LogP contribution < -0.4 is 4.90 Å². The van der Waals surface area contributed by atoms with Crippen molar-refractivity contribution < 1.29 is 32.6 Å². The summed E-state index contributed by atoms with van der Waals surface area (Å²) >= 11 is 1.59. The predicted octanol–water partition coefficient (Wildman–Crippen LogP) is 1.78. The molecular formula is C16H21F3N4O4S. The smallest absolute Gasteiger partial charge is 0.475 e. The number of hydrogen-bond donors (Lipinski definition) is 1. The van der Waals surface area contributed by atoms with E-state index >= 15 is 0 Å². The Morgan fingerprint density at radius 2 is 1.79 bits per heavy atom. The van der Waals surface area contributed by atoms with Crippen molar-refractivity contribution in [2.24, 2.45) is 5.92 Å². The summed E-state index contributed by atoms with van der Waals surface area (Å²) in [5.41, 5.74) is 1.78. The van der Waals surface area contributed by atoms with Crippen LogP contribution in [-0.2, 0) is 14.3 Å². The molecule has 0 aromatic carbocycles. The number of rotatable bonds is 2. The molecule has 3 aliphatic rings. The number of fused-ring (bicyclic) bond motifs is 1. The second-order valence-electron chi connectivity index (χ2n) is 6.85. The van der Waals surface area contributed by atoms with E-state index in [0.29, 0.717) is 18.0 Å². The summed E-state index contributed by atoms with van der Waals surface area (Å²) in [6.45, 7) is 3.34. The molecule has 8 nitrogen and oxygen atoms in total. The number of carbonyl (C=O) groups is 2. The second kappa shape index (κ2) is 8.60. The number of carboxylic acids is 1. The first kappa shape index (κ1) is 20.8. The van der Waals surface area contributed by atoms with Crippen LogP contribution >= 0.6 is 11.3 Å². The molecule has 1 amide bonds. The van der Waals surface area contributed by atoms with E-state index in [1.54, 1.807) is 16.8 Å². The molecule has 2 atom stereocenters. The Kier molecular flexibility index (Phi) is 6.38. The number of aliphatic carboxylic acids is 1. The number of amides is 1. The Morgan fingerprint density at radius 3 is 2.36 bits per heavy atom. The van der Waals surface area contributed by atoms with Gasteiger partial charge < -0.3 is 19.6 Å². The highest BCUT2D eigenvalue weighted by Crippen LogP contribution is 2.36. The van der Waals surface area contributed by atoms with Crippen molar-refractivity contribution in [3.8, 4) is 0 Å². The number of aromatic nitrogens is 2. The van der Waals surface area contributed by atoms with Gasteiger partial charge in [-0.2, -0.15) is 13.2 Å². The van der Waals surface area contributed by atoms with Gasteiger partial charge in [0.2, 0.25) is 11.0 Å². The van der Waals surface area contributed by atoms with E-state index in [1.165, 1.54) is 0 Å². The van der Waals surface area contributed by atoms with Gasteiger partial charge in [-0.25, -0.2) is 4.79 Å². The summed E-state index contributed by atoms with van der Waals surface area (Å²) in [6, 6.07) is 0.797. The average molecular weight is 422 g/mol. The Bertz CT molecular complexity index is 682. The predicted molar refractivity (Wildman–Crippen MR) is 93.0 cm³/mol. The van der Waals surface area contributed by atoms with Crippen LogP contribution in [0.2, 0.25) is 0 Å². The molecule has 1 aromatic rings. The van der Waals surface area contributed by atoms with Crippen molar-refractivity contribution in [3.63, 3.8) is 0 Å². The lowest BCUT2D eigenvalue weighted by molar-refractivity contribution is -0.192. The van der Waals surface area contributed by atoms with E-state index in [-0.39, 0.29) is 5.92 Å². The monoisotopic (exact) mass is 422 g/mol. The molecular weight excluding hydrogens is 401 g/mol. The fourth-order valence-electron chi connectivity index (χ4n) is 3.97.